The quantitative estimate of drug-likeness (QED) is 0.635. The van der Waals surface area contributed by atoms with Crippen LogP contribution >= 0.6 is 0 Å². The molecule has 0 heterocycles. The zero-order valence-electron chi connectivity index (χ0n) is 17.0. The van der Waals surface area contributed by atoms with Gasteiger partial charge in [0.2, 0.25) is 5.91 Å². The summed E-state index contributed by atoms with van der Waals surface area (Å²) in [6.07, 6.45) is 2.91. The van der Waals surface area contributed by atoms with Gasteiger partial charge < -0.3 is 10.6 Å². The van der Waals surface area contributed by atoms with Crippen LogP contribution in [0.3, 0.4) is 0 Å². The first-order valence-electron chi connectivity index (χ1n) is 9.68. The van der Waals surface area contributed by atoms with Gasteiger partial charge in [-0.3, -0.25) is 4.79 Å². The summed E-state index contributed by atoms with van der Waals surface area (Å²) in [7, 11) is 0. The molecule has 0 aromatic heterocycles. The van der Waals surface area contributed by atoms with E-state index in [2.05, 4.69) is 36.6 Å². The minimum Gasteiger partial charge on any atom is -0.353 e. The molecule has 1 amide bonds. The van der Waals surface area contributed by atoms with Crippen molar-refractivity contribution in [2.24, 2.45) is 5.92 Å². The number of carbonyl (C=O) groups excluding carboxylic acids is 1. The second-order valence-corrected chi connectivity index (χ2v) is 5.54. The highest BCUT2D eigenvalue weighted by molar-refractivity contribution is 5.78. The first-order chi connectivity index (χ1) is 11.6. The largest absolute Gasteiger partial charge is 0.353 e. The van der Waals surface area contributed by atoms with Crippen molar-refractivity contribution in [2.45, 2.75) is 73.8 Å². The molecule has 2 unspecified atom stereocenters. The zero-order chi connectivity index (χ0) is 18.8. The van der Waals surface area contributed by atoms with E-state index in [-0.39, 0.29) is 17.9 Å². The molecule has 24 heavy (non-hydrogen) atoms. The highest BCUT2D eigenvalue weighted by Crippen LogP contribution is 2.05. The predicted octanol–water partition coefficient (Wildman–Crippen LogP) is 4.81. The van der Waals surface area contributed by atoms with E-state index >= 15 is 0 Å². The first-order valence-corrected chi connectivity index (χ1v) is 9.68. The minimum atomic E-state index is 0.0672. The number of amides is 1. The van der Waals surface area contributed by atoms with Crippen LogP contribution in [-0.2, 0) is 11.2 Å². The number of carbonyl (C=O) groups is 1. The molecule has 0 bridgehead atoms. The third kappa shape index (κ3) is 13.1. The van der Waals surface area contributed by atoms with E-state index in [0.717, 1.165) is 32.4 Å². The molecule has 0 aliphatic heterocycles. The average molecular weight is 337 g/mol. The van der Waals surface area contributed by atoms with E-state index < -0.39 is 0 Å². The Morgan fingerprint density at radius 1 is 1.00 bits per heavy atom. The molecular weight excluding hydrogens is 296 g/mol. The van der Waals surface area contributed by atoms with Crippen LogP contribution in [-0.4, -0.2) is 25.0 Å². The monoisotopic (exact) mass is 336 g/mol. The maximum Gasteiger partial charge on any atom is 0.223 e. The van der Waals surface area contributed by atoms with E-state index in [1.54, 1.807) is 0 Å². The molecule has 0 saturated heterocycles. The smallest absolute Gasteiger partial charge is 0.223 e. The van der Waals surface area contributed by atoms with Gasteiger partial charge in [0.05, 0.1) is 0 Å². The molecule has 0 spiro atoms. The van der Waals surface area contributed by atoms with Gasteiger partial charge in [-0.25, -0.2) is 0 Å². The Morgan fingerprint density at radius 3 is 2.12 bits per heavy atom. The highest BCUT2D eigenvalue weighted by atomic mass is 16.1. The molecule has 0 saturated carbocycles. The number of hydrogen-bond donors (Lipinski definition) is 2. The van der Waals surface area contributed by atoms with E-state index in [0.29, 0.717) is 0 Å². The highest BCUT2D eigenvalue weighted by Gasteiger charge is 2.14. The number of nitrogens with one attached hydrogen (secondary N) is 2. The summed E-state index contributed by atoms with van der Waals surface area (Å²) in [6, 6.07) is 10.5. The lowest BCUT2D eigenvalue weighted by molar-refractivity contribution is -0.125. The second-order valence-electron chi connectivity index (χ2n) is 5.54. The van der Waals surface area contributed by atoms with E-state index in [9.17, 15) is 4.79 Å². The van der Waals surface area contributed by atoms with Gasteiger partial charge in [-0.05, 0) is 44.8 Å². The maximum absolute atomic E-state index is 12.1. The summed E-state index contributed by atoms with van der Waals surface area (Å²) in [5, 5.41) is 6.44. The summed E-state index contributed by atoms with van der Waals surface area (Å²) in [5.74, 6) is 0.226. The lowest BCUT2D eigenvalue weighted by Gasteiger charge is -2.18. The summed E-state index contributed by atoms with van der Waals surface area (Å²) in [6.45, 7) is 16.1. The lowest BCUT2D eigenvalue weighted by Crippen LogP contribution is -2.38. The maximum atomic E-state index is 12.1. The standard InChI is InChI=1S/C17H28N2O.2C2H6/c1-4-11-18-12-10-14(2)17(20)19-15(3)13-16-8-6-5-7-9-16;2*1-2/h5-9,14-15,18H,4,10-13H2,1-3H3,(H,19,20);2*1-2H3. The van der Waals surface area contributed by atoms with Crippen LogP contribution in [0.4, 0.5) is 0 Å². The minimum absolute atomic E-state index is 0.0672. The number of rotatable bonds is 9. The van der Waals surface area contributed by atoms with Gasteiger partial charge in [0.15, 0.2) is 0 Å². The Bertz CT molecular complexity index is 379. The van der Waals surface area contributed by atoms with Crippen LogP contribution in [0.5, 0.6) is 0 Å². The van der Waals surface area contributed by atoms with Gasteiger partial charge in [0.1, 0.15) is 0 Å². The number of benzene rings is 1. The summed E-state index contributed by atoms with van der Waals surface area (Å²) in [4.78, 5) is 12.1. The predicted molar refractivity (Wildman–Crippen MR) is 107 cm³/mol. The van der Waals surface area contributed by atoms with Gasteiger partial charge in [0, 0.05) is 12.0 Å². The van der Waals surface area contributed by atoms with Crippen molar-refractivity contribution in [2.75, 3.05) is 13.1 Å². The van der Waals surface area contributed by atoms with Gasteiger partial charge >= 0.3 is 0 Å². The fourth-order valence-electron chi connectivity index (χ4n) is 2.16. The number of hydrogen-bond acceptors (Lipinski definition) is 2. The Hall–Kier alpha value is -1.35. The van der Waals surface area contributed by atoms with Crippen LogP contribution < -0.4 is 10.6 Å². The van der Waals surface area contributed by atoms with Crippen LogP contribution in [0.1, 0.15) is 66.9 Å². The van der Waals surface area contributed by atoms with Crippen molar-refractivity contribution >= 4 is 5.91 Å². The first kappa shape index (κ1) is 24.9. The molecule has 1 aromatic rings. The van der Waals surface area contributed by atoms with Crippen molar-refractivity contribution < 1.29 is 4.79 Å². The van der Waals surface area contributed by atoms with Crippen LogP contribution in [0.25, 0.3) is 0 Å². The van der Waals surface area contributed by atoms with Crippen LogP contribution in [0.15, 0.2) is 30.3 Å². The molecule has 0 aliphatic carbocycles. The Kier molecular flexibility index (Phi) is 18.7. The van der Waals surface area contributed by atoms with Crippen molar-refractivity contribution in [3.05, 3.63) is 35.9 Å². The summed E-state index contributed by atoms with van der Waals surface area (Å²) >= 11 is 0. The van der Waals surface area contributed by atoms with E-state index in [1.165, 1.54) is 5.56 Å². The SMILES string of the molecule is CC.CC.CCCNCCC(C)C(=O)NC(C)Cc1ccccc1. The van der Waals surface area contributed by atoms with Crippen molar-refractivity contribution in [3.63, 3.8) is 0 Å². The van der Waals surface area contributed by atoms with Crippen molar-refractivity contribution in [1.29, 1.82) is 0 Å². The molecule has 2 atom stereocenters. The summed E-state index contributed by atoms with van der Waals surface area (Å²) < 4.78 is 0. The third-order valence-electron chi connectivity index (χ3n) is 3.40. The van der Waals surface area contributed by atoms with Gasteiger partial charge in [-0.2, -0.15) is 0 Å². The fraction of sp³-hybridized carbons (Fsp3) is 0.667. The molecule has 0 radical (unpaired) electrons. The molecule has 140 valence electrons. The van der Waals surface area contributed by atoms with Crippen LogP contribution in [0.2, 0.25) is 0 Å². The Labute approximate surface area is 150 Å². The van der Waals surface area contributed by atoms with Crippen molar-refractivity contribution in [1.82, 2.24) is 10.6 Å². The summed E-state index contributed by atoms with van der Waals surface area (Å²) in [5.41, 5.74) is 1.26. The van der Waals surface area contributed by atoms with Gasteiger partial charge in [0.25, 0.3) is 0 Å². The molecule has 0 aliphatic rings. The molecule has 1 rings (SSSR count). The Balaban J connectivity index is 0. The van der Waals surface area contributed by atoms with Gasteiger partial charge in [-0.15, -0.1) is 0 Å². The van der Waals surface area contributed by atoms with Crippen molar-refractivity contribution in [3.8, 4) is 0 Å². The lowest BCUT2D eigenvalue weighted by atomic mass is 10.0. The molecule has 3 heteroatoms. The molecule has 0 fully saturated rings. The Morgan fingerprint density at radius 2 is 1.58 bits per heavy atom. The topological polar surface area (TPSA) is 41.1 Å². The molecular formula is C21H40N2O. The van der Waals surface area contributed by atoms with E-state index in [4.69, 9.17) is 0 Å². The molecule has 2 N–H and O–H groups in total. The van der Waals surface area contributed by atoms with Crippen LogP contribution in [0, 0.1) is 5.92 Å². The zero-order valence-corrected chi connectivity index (χ0v) is 17.0. The molecule has 3 nitrogen and oxygen atoms in total. The second kappa shape index (κ2) is 18.0. The molecule has 1 aromatic carbocycles. The third-order valence-corrected chi connectivity index (χ3v) is 3.40. The van der Waals surface area contributed by atoms with E-state index in [1.807, 2.05) is 52.8 Å². The fourth-order valence-corrected chi connectivity index (χ4v) is 2.16. The normalized spacial score (nSPS) is 12.0. The average Bonchev–Trinajstić information content (AvgIpc) is 2.62. The van der Waals surface area contributed by atoms with Gasteiger partial charge in [-0.1, -0.05) is 71.9 Å².